The van der Waals surface area contributed by atoms with E-state index in [-0.39, 0.29) is 39.9 Å². The fourth-order valence-electron chi connectivity index (χ4n) is 4.04. The van der Waals surface area contributed by atoms with Crippen molar-refractivity contribution < 1.29 is 14.3 Å². The van der Waals surface area contributed by atoms with Crippen LogP contribution < -0.4 is 11.1 Å². The van der Waals surface area contributed by atoms with Crippen LogP contribution in [0.15, 0.2) is 65.7 Å². The molecule has 0 radical (unpaired) electrons. The highest BCUT2D eigenvalue weighted by molar-refractivity contribution is 7.99. The lowest BCUT2D eigenvalue weighted by molar-refractivity contribution is -0.147. The second-order valence-corrected chi connectivity index (χ2v) is 9.24. The Kier molecular flexibility index (Phi) is 8.24. The summed E-state index contributed by atoms with van der Waals surface area (Å²) in [4.78, 5) is 30.9. The van der Waals surface area contributed by atoms with Gasteiger partial charge in [-0.1, -0.05) is 60.3 Å². The maximum Gasteiger partial charge on any atom is 0.321 e. The number of nitrogens with two attached hydrogens (primary N) is 1. The molecule has 0 spiro atoms. The third-order valence-corrected chi connectivity index (χ3v) is 6.81. The average Bonchev–Trinajstić information content (AvgIpc) is 2.93. The Bertz CT molecular complexity index is 1360. The summed E-state index contributed by atoms with van der Waals surface area (Å²) in [5.74, 6) is -0.528. The van der Waals surface area contributed by atoms with E-state index in [0.717, 1.165) is 17.4 Å². The molecule has 1 fully saturated rings. The Morgan fingerprint density at radius 2 is 1.65 bits per heavy atom. The van der Waals surface area contributed by atoms with Crippen molar-refractivity contribution >= 4 is 35.3 Å². The largest absolute Gasteiger partial charge is 0.462 e. The molecule has 9 nitrogen and oxygen atoms in total. The quantitative estimate of drug-likeness (QED) is 0.365. The van der Waals surface area contributed by atoms with E-state index in [4.69, 9.17) is 10.5 Å². The molecule has 4 rings (SSSR count). The highest BCUT2D eigenvalue weighted by Gasteiger charge is 2.26. The molecule has 10 heteroatoms. The zero-order valence-electron chi connectivity index (χ0n) is 19.9. The number of esters is 1. The molecule has 2 amide bonds. The molecule has 2 aromatic carbocycles. The predicted molar refractivity (Wildman–Crippen MR) is 140 cm³/mol. The van der Waals surface area contributed by atoms with E-state index in [1.807, 2.05) is 42.5 Å². The highest BCUT2D eigenvalue weighted by Crippen LogP contribution is 2.35. The fraction of sp³-hybridized carbons (Fsp3) is 0.222. The number of aromatic nitrogens is 1. The second kappa shape index (κ2) is 11.9. The second-order valence-electron chi connectivity index (χ2n) is 8.28. The van der Waals surface area contributed by atoms with Gasteiger partial charge in [0.1, 0.15) is 34.6 Å². The van der Waals surface area contributed by atoms with Crippen LogP contribution in [0.2, 0.25) is 0 Å². The number of nitriles is 2. The van der Waals surface area contributed by atoms with Crippen molar-refractivity contribution in [3.8, 4) is 23.3 Å². The maximum absolute atomic E-state index is 12.6. The first-order valence-corrected chi connectivity index (χ1v) is 12.6. The van der Waals surface area contributed by atoms with Crippen LogP contribution in [0.4, 0.5) is 16.3 Å². The SMILES string of the molecule is N#Cc1c(N)nc(SCC(=O)OC2CCN(C(=O)Nc3ccccc3)CC2)c(C#N)c1-c1ccccc1. The molecule has 1 aromatic heterocycles. The molecular weight excluding hydrogens is 488 g/mol. The van der Waals surface area contributed by atoms with Gasteiger partial charge in [-0.3, -0.25) is 4.79 Å². The summed E-state index contributed by atoms with van der Waals surface area (Å²) in [5.41, 5.74) is 8.12. The molecule has 186 valence electrons. The molecule has 1 aliphatic rings. The summed E-state index contributed by atoms with van der Waals surface area (Å²) in [5, 5.41) is 22.6. The van der Waals surface area contributed by atoms with E-state index in [1.165, 1.54) is 0 Å². The first kappa shape index (κ1) is 25.5. The van der Waals surface area contributed by atoms with Crippen LogP contribution in [-0.4, -0.2) is 46.8 Å². The number of nitrogens with one attached hydrogen (secondary N) is 1. The van der Waals surface area contributed by atoms with Gasteiger partial charge in [0.05, 0.1) is 11.3 Å². The number of hydrogen-bond acceptors (Lipinski definition) is 8. The van der Waals surface area contributed by atoms with Crippen molar-refractivity contribution in [3.63, 3.8) is 0 Å². The van der Waals surface area contributed by atoms with Crippen molar-refractivity contribution in [2.45, 2.75) is 24.0 Å². The van der Waals surface area contributed by atoms with Gasteiger partial charge in [-0.2, -0.15) is 10.5 Å². The Morgan fingerprint density at radius 1 is 1.03 bits per heavy atom. The van der Waals surface area contributed by atoms with Crippen molar-refractivity contribution in [2.24, 2.45) is 0 Å². The lowest BCUT2D eigenvalue weighted by Gasteiger charge is -2.31. The molecule has 1 saturated heterocycles. The zero-order valence-corrected chi connectivity index (χ0v) is 20.7. The standard InChI is InChI=1S/C27H24N6O3S/c28-15-21-24(18-7-3-1-4-8-18)22(16-29)26(32-25(21)30)37-17-23(34)36-20-11-13-33(14-12-20)27(35)31-19-9-5-2-6-10-19/h1-10,20H,11-14,17H2,(H2,30,32)(H,31,35). The summed E-state index contributed by atoms with van der Waals surface area (Å²) in [6.07, 6.45) is 0.757. The van der Waals surface area contributed by atoms with E-state index in [9.17, 15) is 20.1 Å². The van der Waals surface area contributed by atoms with Gasteiger partial charge in [-0.05, 0) is 17.7 Å². The number of carbonyl (C=O) groups is 2. The fourth-order valence-corrected chi connectivity index (χ4v) is 4.82. The van der Waals surface area contributed by atoms with Crippen LogP contribution in [0.25, 0.3) is 11.1 Å². The van der Waals surface area contributed by atoms with Gasteiger partial charge in [0.25, 0.3) is 0 Å². The number of carbonyl (C=O) groups excluding carboxylic acids is 2. The smallest absolute Gasteiger partial charge is 0.321 e. The summed E-state index contributed by atoms with van der Waals surface area (Å²) in [7, 11) is 0. The number of hydrogen-bond donors (Lipinski definition) is 2. The van der Waals surface area contributed by atoms with Crippen molar-refractivity contribution in [3.05, 3.63) is 71.8 Å². The molecule has 0 saturated carbocycles. The van der Waals surface area contributed by atoms with Gasteiger partial charge < -0.3 is 20.7 Å². The van der Waals surface area contributed by atoms with Gasteiger partial charge >= 0.3 is 12.0 Å². The molecule has 0 atom stereocenters. The van der Waals surface area contributed by atoms with Gasteiger partial charge in [0.2, 0.25) is 0 Å². The summed E-state index contributed by atoms with van der Waals surface area (Å²) >= 11 is 1.05. The van der Waals surface area contributed by atoms with Gasteiger partial charge in [0.15, 0.2) is 0 Å². The van der Waals surface area contributed by atoms with Crippen LogP contribution >= 0.6 is 11.8 Å². The molecule has 0 unspecified atom stereocenters. The molecule has 0 bridgehead atoms. The summed E-state index contributed by atoms with van der Waals surface area (Å²) < 4.78 is 5.61. The first-order valence-electron chi connectivity index (χ1n) is 11.6. The lowest BCUT2D eigenvalue weighted by Crippen LogP contribution is -2.43. The average molecular weight is 513 g/mol. The molecule has 37 heavy (non-hydrogen) atoms. The van der Waals surface area contributed by atoms with E-state index < -0.39 is 5.97 Å². The van der Waals surface area contributed by atoms with Crippen molar-refractivity contribution in [2.75, 3.05) is 29.9 Å². The molecule has 3 aromatic rings. The molecule has 2 heterocycles. The van der Waals surface area contributed by atoms with Crippen molar-refractivity contribution in [1.82, 2.24) is 9.88 Å². The van der Waals surface area contributed by atoms with Gasteiger partial charge in [-0.15, -0.1) is 0 Å². The minimum absolute atomic E-state index is 0.00243. The number of nitrogens with zero attached hydrogens (tertiary/aromatic N) is 4. The third kappa shape index (κ3) is 6.18. The van der Waals surface area contributed by atoms with Gasteiger partial charge in [-0.25, -0.2) is 9.78 Å². The van der Waals surface area contributed by atoms with Crippen LogP contribution in [0.5, 0.6) is 0 Å². The maximum atomic E-state index is 12.6. The summed E-state index contributed by atoms with van der Waals surface area (Å²) in [6, 6.07) is 22.2. The minimum atomic E-state index is -0.452. The van der Waals surface area contributed by atoms with Crippen LogP contribution in [-0.2, 0) is 9.53 Å². The number of para-hydroxylation sites is 1. The minimum Gasteiger partial charge on any atom is -0.462 e. The number of likely N-dealkylation sites (tertiary alicyclic amines) is 1. The molecule has 0 aliphatic carbocycles. The van der Waals surface area contributed by atoms with E-state index in [2.05, 4.69) is 16.4 Å². The molecular formula is C27H24N6O3S. The number of urea groups is 1. The Balaban J connectivity index is 1.35. The Labute approximate surface area is 218 Å². The monoisotopic (exact) mass is 512 g/mol. The number of pyridine rings is 1. The van der Waals surface area contributed by atoms with Crippen LogP contribution in [0.3, 0.4) is 0 Å². The predicted octanol–water partition coefficient (Wildman–Crippen LogP) is 4.41. The van der Waals surface area contributed by atoms with E-state index in [0.29, 0.717) is 37.1 Å². The number of benzene rings is 2. The number of piperidine rings is 1. The van der Waals surface area contributed by atoms with Gasteiger partial charge in [0, 0.05) is 37.2 Å². The Morgan fingerprint density at radius 3 is 2.27 bits per heavy atom. The number of rotatable bonds is 6. The molecule has 3 N–H and O–H groups in total. The van der Waals surface area contributed by atoms with Crippen molar-refractivity contribution in [1.29, 1.82) is 10.5 Å². The van der Waals surface area contributed by atoms with Crippen LogP contribution in [0, 0.1) is 22.7 Å². The topological polar surface area (TPSA) is 145 Å². The van der Waals surface area contributed by atoms with E-state index >= 15 is 0 Å². The molecule has 1 aliphatic heterocycles. The zero-order chi connectivity index (χ0) is 26.2. The number of thioether (sulfide) groups is 1. The highest BCUT2D eigenvalue weighted by atomic mass is 32.2. The number of amides is 2. The number of anilines is 2. The summed E-state index contributed by atoms with van der Waals surface area (Å²) in [6.45, 7) is 0.937. The number of nitrogen functional groups attached to an aromatic ring is 1. The third-order valence-electron chi connectivity index (χ3n) is 5.86. The lowest BCUT2D eigenvalue weighted by atomic mass is 9.97. The first-order chi connectivity index (χ1) is 18.0. The number of ether oxygens (including phenoxy) is 1. The Hall–Kier alpha value is -4.54. The van der Waals surface area contributed by atoms with E-state index in [1.54, 1.807) is 29.2 Å². The normalized spacial score (nSPS) is 13.3. The van der Waals surface area contributed by atoms with Crippen LogP contribution in [0.1, 0.15) is 24.0 Å².